The van der Waals surface area contributed by atoms with Gasteiger partial charge in [-0.25, -0.2) is 9.07 Å². The second-order valence-corrected chi connectivity index (χ2v) is 9.07. The first-order valence-electron chi connectivity index (χ1n) is 12.0. The average Bonchev–Trinajstić information content (AvgIpc) is 3.32. The molecule has 0 atom stereocenters. The molecular weight excluding hydrogens is 481 g/mol. The van der Waals surface area contributed by atoms with Crippen molar-refractivity contribution in [2.45, 2.75) is 6.42 Å². The lowest BCUT2D eigenvalue weighted by Gasteiger charge is -2.26. The second-order valence-electron chi connectivity index (χ2n) is 8.66. The van der Waals surface area contributed by atoms with Gasteiger partial charge in [-0.2, -0.15) is 5.10 Å². The normalized spacial score (nSPS) is 14.2. The Labute approximate surface area is 213 Å². The summed E-state index contributed by atoms with van der Waals surface area (Å²) in [5.74, 6) is -1.000. The van der Waals surface area contributed by atoms with Crippen molar-refractivity contribution in [3.05, 3.63) is 83.3 Å². The maximum atomic E-state index is 14.9. The third-order valence-corrected chi connectivity index (χ3v) is 6.53. The van der Waals surface area contributed by atoms with Crippen LogP contribution in [0.1, 0.15) is 16.8 Å². The molecular formula is C27H27ClFN5O2. The summed E-state index contributed by atoms with van der Waals surface area (Å²) in [7, 11) is 0. The zero-order chi connectivity index (χ0) is 24.9. The minimum absolute atomic E-state index is 0.0211. The Morgan fingerprint density at radius 3 is 2.72 bits per heavy atom. The number of nitrogens with one attached hydrogen (secondary N) is 2. The molecule has 1 aliphatic rings. The van der Waals surface area contributed by atoms with E-state index in [-0.39, 0.29) is 5.56 Å². The Morgan fingerprint density at radius 1 is 1.08 bits per heavy atom. The van der Waals surface area contributed by atoms with E-state index in [0.29, 0.717) is 17.3 Å². The van der Waals surface area contributed by atoms with Crippen molar-refractivity contribution in [1.29, 1.82) is 0 Å². The fourth-order valence-corrected chi connectivity index (χ4v) is 4.46. The lowest BCUT2D eigenvalue weighted by atomic mass is 10.1. The molecule has 2 N–H and O–H groups in total. The standard InChI is InChI=1S/C27H27ClFN5O2/c28-23-4-1-2-5-25(23)32-20-6-9-26-19(16-20)18-31-34(26)21-7-8-22(24(29)17-21)27(35)30-10-3-11-33-12-14-36-15-13-33/h1-2,4-9,16-18,32H,3,10-15H2,(H,30,35). The quantitative estimate of drug-likeness (QED) is 0.328. The summed E-state index contributed by atoms with van der Waals surface area (Å²) in [6.07, 6.45) is 2.53. The molecule has 0 bridgehead atoms. The number of carbonyl (C=O) groups excluding carboxylic acids is 1. The molecule has 5 rings (SSSR count). The molecule has 1 saturated heterocycles. The van der Waals surface area contributed by atoms with Gasteiger partial charge in [0.15, 0.2) is 0 Å². The van der Waals surface area contributed by atoms with Gasteiger partial charge in [0.05, 0.1) is 46.9 Å². The predicted molar refractivity (Wildman–Crippen MR) is 140 cm³/mol. The first kappa shape index (κ1) is 24.2. The third kappa shape index (κ3) is 5.51. The largest absolute Gasteiger partial charge is 0.379 e. The topological polar surface area (TPSA) is 71.4 Å². The van der Waals surface area contributed by atoms with Crippen LogP contribution in [-0.4, -0.2) is 60.0 Å². The number of fused-ring (bicyclic) bond motifs is 1. The van der Waals surface area contributed by atoms with Gasteiger partial charge in [-0.3, -0.25) is 9.69 Å². The average molecular weight is 508 g/mol. The van der Waals surface area contributed by atoms with Gasteiger partial charge in [0.2, 0.25) is 0 Å². The molecule has 4 aromatic rings. The van der Waals surface area contributed by atoms with Crippen LogP contribution in [0.25, 0.3) is 16.6 Å². The van der Waals surface area contributed by atoms with Crippen molar-refractivity contribution in [3.8, 4) is 5.69 Å². The lowest BCUT2D eigenvalue weighted by Crippen LogP contribution is -2.38. The van der Waals surface area contributed by atoms with Crippen LogP contribution in [0, 0.1) is 5.82 Å². The van der Waals surface area contributed by atoms with Crippen molar-refractivity contribution in [2.24, 2.45) is 0 Å². The Bertz CT molecular complexity index is 1370. The number of halogens is 2. The van der Waals surface area contributed by atoms with Crippen LogP contribution < -0.4 is 10.6 Å². The van der Waals surface area contributed by atoms with Gasteiger partial charge < -0.3 is 15.4 Å². The molecule has 0 unspecified atom stereocenters. The molecule has 3 aromatic carbocycles. The summed E-state index contributed by atoms with van der Waals surface area (Å²) in [4.78, 5) is 14.8. The fourth-order valence-electron chi connectivity index (χ4n) is 4.28. The maximum absolute atomic E-state index is 14.9. The third-order valence-electron chi connectivity index (χ3n) is 6.20. The fraction of sp³-hybridized carbons (Fsp3) is 0.259. The van der Waals surface area contributed by atoms with Crippen molar-refractivity contribution in [1.82, 2.24) is 20.0 Å². The Kier molecular flexibility index (Phi) is 7.46. The molecule has 0 radical (unpaired) electrons. The minimum Gasteiger partial charge on any atom is -0.379 e. The number of aromatic nitrogens is 2. The number of anilines is 2. The number of rotatable bonds is 8. The van der Waals surface area contributed by atoms with Gasteiger partial charge in [0.1, 0.15) is 5.82 Å². The number of nitrogens with zero attached hydrogens (tertiary/aromatic N) is 3. The minimum atomic E-state index is -0.584. The molecule has 1 amide bonds. The van der Waals surface area contributed by atoms with Crippen molar-refractivity contribution in [3.63, 3.8) is 0 Å². The zero-order valence-electron chi connectivity index (χ0n) is 19.7. The van der Waals surface area contributed by atoms with Crippen LogP contribution in [0.3, 0.4) is 0 Å². The van der Waals surface area contributed by atoms with E-state index in [1.165, 1.54) is 12.1 Å². The van der Waals surface area contributed by atoms with E-state index in [4.69, 9.17) is 16.3 Å². The number of hydrogen-bond acceptors (Lipinski definition) is 5. The van der Waals surface area contributed by atoms with Gasteiger partial charge in [0, 0.05) is 36.8 Å². The molecule has 1 fully saturated rings. The molecule has 0 aliphatic carbocycles. The monoisotopic (exact) mass is 507 g/mol. The van der Waals surface area contributed by atoms with Crippen LogP contribution in [-0.2, 0) is 4.74 Å². The van der Waals surface area contributed by atoms with Crippen molar-refractivity contribution in [2.75, 3.05) is 44.7 Å². The van der Waals surface area contributed by atoms with Crippen LogP contribution in [0.5, 0.6) is 0 Å². The smallest absolute Gasteiger partial charge is 0.254 e. The van der Waals surface area contributed by atoms with E-state index in [9.17, 15) is 9.18 Å². The lowest BCUT2D eigenvalue weighted by molar-refractivity contribution is 0.0374. The van der Waals surface area contributed by atoms with Crippen LogP contribution >= 0.6 is 11.6 Å². The van der Waals surface area contributed by atoms with E-state index in [2.05, 4.69) is 20.6 Å². The Balaban J connectivity index is 1.24. The molecule has 2 heterocycles. The molecule has 1 aliphatic heterocycles. The van der Waals surface area contributed by atoms with Gasteiger partial charge >= 0.3 is 0 Å². The van der Waals surface area contributed by atoms with E-state index >= 15 is 0 Å². The SMILES string of the molecule is O=C(NCCCN1CCOCC1)c1ccc(-n2ncc3cc(Nc4ccccc4Cl)ccc32)cc1F. The molecule has 1 aromatic heterocycles. The predicted octanol–water partition coefficient (Wildman–Crippen LogP) is 5.01. The maximum Gasteiger partial charge on any atom is 0.254 e. The molecule has 186 valence electrons. The highest BCUT2D eigenvalue weighted by Gasteiger charge is 2.15. The summed E-state index contributed by atoms with van der Waals surface area (Å²) in [6, 6.07) is 17.8. The Morgan fingerprint density at radius 2 is 1.92 bits per heavy atom. The van der Waals surface area contributed by atoms with E-state index < -0.39 is 11.7 Å². The van der Waals surface area contributed by atoms with Gasteiger partial charge in [-0.05, 0) is 55.4 Å². The number of ether oxygens (including phenoxy) is 1. The summed E-state index contributed by atoms with van der Waals surface area (Å²) in [5.41, 5.74) is 3.05. The van der Waals surface area contributed by atoms with E-state index in [1.807, 2.05) is 42.5 Å². The summed E-state index contributed by atoms with van der Waals surface area (Å²) < 4.78 is 21.9. The highest BCUT2D eigenvalue weighted by Crippen LogP contribution is 2.28. The number of morpholine rings is 1. The van der Waals surface area contributed by atoms with Gasteiger partial charge in [-0.1, -0.05) is 23.7 Å². The number of para-hydroxylation sites is 1. The van der Waals surface area contributed by atoms with E-state index in [0.717, 1.165) is 61.5 Å². The highest BCUT2D eigenvalue weighted by atomic mass is 35.5. The van der Waals surface area contributed by atoms with Crippen molar-refractivity contribution >= 4 is 39.8 Å². The molecule has 9 heteroatoms. The van der Waals surface area contributed by atoms with Gasteiger partial charge in [0.25, 0.3) is 5.91 Å². The first-order valence-corrected chi connectivity index (χ1v) is 12.3. The summed E-state index contributed by atoms with van der Waals surface area (Å²) in [5, 5.41) is 12.1. The van der Waals surface area contributed by atoms with Crippen LogP contribution in [0.4, 0.5) is 15.8 Å². The number of carbonyl (C=O) groups is 1. The van der Waals surface area contributed by atoms with Crippen LogP contribution in [0.15, 0.2) is 66.9 Å². The Hall–Kier alpha value is -3.46. The highest BCUT2D eigenvalue weighted by molar-refractivity contribution is 6.33. The van der Waals surface area contributed by atoms with Gasteiger partial charge in [-0.15, -0.1) is 0 Å². The van der Waals surface area contributed by atoms with Crippen molar-refractivity contribution < 1.29 is 13.9 Å². The first-order chi connectivity index (χ1) is 17.6. The number of amides is 1. The number of benzene rings is 3. The zero-order valence-corrected chi connectivity index (χ0v) is 20.5. The second kappa shape index (κ2) is 11.1. The van der Waals surface area contributed by atoms with E-state index in [1.54, 1.807) is 16.9 Å². The summed E-state index contributed by atoms with van der Waals surface area (Å²) in [6.45, 7) is 4.68. The molecule has 0 saturated carbocycles. The molecule has 0 spiro atoms. The molecule has 36 heavy (non-hydrogen) atoms. The number of hydrogen-bond donors (Lipinski definition) is 2. The molecule has 7 nitrogen and oxygen atoms in total. The van der Waals surface area contributed by atoms with Crippen LogP contribution in [0.2, 0.25) is 5.02 Å². The summed E-state index contributed by atoms with van der Waals surface area (Å²) >= 11 is 6.24.